The van der Waals surface area contributed by atoms with E-state index in [-0.39, 0.29) is 24.5 Å². The first-order chi connectivity index (χ1) is 10.5. The molecule has 0 aliphatic rings. The molecular formula is C17H26F3NO2. The maximum atomic E-state index is 12.5. The van der Waals surface area contributed by atoms with Crippen molar-refractivity contribution in [2.45, 2.75) is 51.9 Å². The van der Waals surface area contributed by atoms with E-state index < -0.39 is 17.8 Å². The second-order valence-corrected chi connectivity index (χ2v) is 6.89. The van der Waals surface area contributed by atoms with E-state index in [0.29, 0.717) is 18.5 Å². The molecule has 0 bridgehead atoms. The molecule has 0 fully saturated rings. The molecule has 6 heteroatoms. The zero-order valence-corrected chi connectivity index (χ0v) is 13.8. The lowest BCUT2D eigenvalue weighted by molar-refractivity contribution is -0.137. The van der Waals surface area contributed by atoms with Crippen molar-refractivity contribution in [1.82, 2.24) is 5.32 Å². The van der Waals surface area contributed by atoms with E-state index in [9.17, 15) is 18.3 Å². The Labute approximate surface area is 135 Å². The van der Waals surface area contributed by atoms with Crippen LogP contribution in [0.2, 0.25) is 0 Å². The fourth-order valence-corrected chi connectivity index (χ4v) is 2.42. The van der Waals surface area contributed by atoms with Crippen LogP contribution in [0.15, 0.2) is 24.3 Å². The number of hydrogen-bond donors (Lipinski definition) is 3. The van der Waals surface area contributed by atoms with Crippen molar-refractivity contribution in [1.29, 1.82) is 0 Å². The van der Waals surface area contributed by atoms with E-state index in [1.54, 1.807) is 0 Å². The van der Waals surface area contributed by atoms with Gasteiger partial charge in [-0.15, -0.1) is 0 Å². The van der Waals surface area contributed by atoms with Crippen molar-refractivity contribution in [2.24, 2.45) is 5.41 Å². The van der Waals surface area contributed by atoms with E-state index in [1.165, 1.54) is 12.1 Å². The number of hydrogen-bond acceptors (Lipinski definition) is 3. The summed E-state index contributed by atoms with van der Waals surface area (Å²) < 4.78 is 37.5. The fourth-order valence-electron chi connectivity index (χ4n) is 2.42. The summed E-state index contributed by atoms with van der Waals surface area (Å²) >= 11 is 0. The van der Waals surface area contributed by atoms with Gasteiger partial charge in [-0.2, -0.15) is 13.2 Å². The number of aliphatic hydroxyl groups is 2. The molecule has 0 amide bonds. The lowest BCUT2D eigenvalue weighted by atomic mass is 9.85. The van der Waals surface area contributed by atoms with Gasteiger partial charge in [0.25, 0.3) is 0 Å². The molecule has 0 aromatic heterocycles. The third kappa shape index (κ3) is 6.89. The van der Waals surface area contributed by atoms with E-state index >= 15 is 0 Å². The quantitative estimate of drug-likeness (QED) is 0.719. The molecule has 0 aliphatic carbocycles. The molecule has 0 aliphatic heterocycles. The zero-order valence-electron chi connectivity index (χ0n) is 13.8. The Morgan fingerprint density at radius 2 is 1.65 bits per heavy atom. The van der Waals surface area contributed by atoms with Crippen molar-refractivity contribution < 1.29 is 23.4 Å². The van der Waals surface area contributed by atoms with Crippen molar-refractivity contribution in [3.8, 4) is 0 Å². The molecule has 2 unspecified atom stereocenters. The zero-order chi connectivity index (χ0) is 17.7. The molecule has 1 rings (SSSR count). The smallest absolute Gasteiger partial charge is 0.396 e. The topological polar surface area (TPSA) is 52.5 Å². The molecule has 0 radical (unpaired) electrons. The number of halogens is 3. The van der Waals surface area contributed by atoms with Gasteiger partial charge < -0.3 is 15.5 Å². The van der Waals surface area contributed by atoms with Crippen LogP contribution in [-0.4, -0.2) is 35.5 Å². The highest BCUT2D eigenvalue weighted by Crippen LogP contribution is 2.29. The van der Waals surface area contributed by atoms with Gasteiger partial charge in [-0.25, -0.2) is 0 Å². The molecule has 3 N–H and O–H groups in total. The summed E-state index contributed by atoms with van der Waals surface area (Å²) in [7, 11) is 0. The third-order valence-corrected chi connectivity index (χ3v) is 3.82. The average Bonchev–Trinajstić information content (AvgIpc) is 2.41. The SMILES string of the molecule is CC(C)(C)C(CCO)NCC(O)Cc1ccc(C(F)(F)F)cc1. The first kappa shape index (κ1) is 19.9. The standard InChI is InChI=1S/C17H26F3NO2/c1-16(2,3)15(8-9-22)21-11-14(23)10-12-4-6-13(7-5-12)17(18,19)20/h4-7,14-15,21-23H,8-11H2,1-3H3. The van der Waals surface area contributed by atoms with Crippen molar-refractivity contribution in [2.75, 3.05) is 13.2 Å². The van der Waals surface area contributed by atoms with Crippen LogP contribution < -0.4 is 5.32 Å². The summed E-state index contributed by atoms with van der Waals surface area (Å²) in [6.07, 6.45) is -4.18. The predicted molar refractivity (Wildman–Crippen MR) is 84.1 cm³/mol. The van der Waals surface area contributed by atoms with Crippen LogP contribution in [0.3, 0.4) is 0 Å². The van der Waals surface area contributed by atoms with Crippen LogP contribution in [0.4, 0.5) is 13.2 Å². The van der Waals surface area contributed by atoms with E-state index in [1.807, 2.05) is 20.8 Å². The van der Waals surface area contributed by atoms with Crippen LogP contribution in [0.25, 0.3) is 0 Å². The molecular weight excluding hydrogens is 307 g/mol. The highest BCUT2D eigenvalue weighted by molar-refractivity contribution is 5.25. The maximum absolute atomic E-state index is 12.5. The maximum Gasteiger partial charge on any atom is 0.416 e. The van der Waals surface area contributed by atoms with Gasteiger partial charge in [0.15, 0.2) is 0 Å². The predicted octanol–water partition coefficient (Wildman–Crippen LogP) is 3.00. The summed E-state index contributed by atoms with van der Waals surface area (Å²) in [5.41, 5.74) is -0.0945. The Hall–Kier alpha value is -1.11. The number of alkyl halides is 3. The monoisotopic (exact) mass is 333 g/mol. The number of benzene rings is 1. The van der Waals surface area contributed by atoms with Crippen molar-refractivity contribution in [3.05, 3.63) is 35.4 Å². The molecule has 1 aromatic carbocycles. The Kier molecular flexibility index (Phi) is 7.04. The Morgan fingerprint density at radius 1 is 1.09 bits per heavy atom. The van der Waals surface area contributed by atoms with Gasteiger partial charge in [0.05, 0.1) is 11.7 Å². The average molecular weight is 333 g/mol. The van der Waals surface area contributed by atoms with Gasteiger partial charge in [-0.1, -0.05) is 32.9 Å². The summed E-state index contributed by atoms with van der Waals surface area (Å²) in [4.78, 5) is 0. The first-order valence-electron chi connectivity index (χ1n) is 7.72. The van der Waals surface area contributed by atoms with Gasteiger partial charge in [-0.05, 0) is 36.0 Å². The molecule has 0 saturated heterocycles. The molecule has 1 aromatic rings. The van der Waals surface area contributed by atoms with Gasteiger partial charge in [0.1, 0.15) is 0 Å². The largest absolute Gasteiger partial charge is 0.416 e. The molecule has 2 atom stereocenters. The van der Waals surface area contributed by atoms with Gasteiger partial charge >= 0.3 is 6.18 Å². The second-order valence-electron chi connectivity index (χ2n) is 6.89. The van der Waals surface area contributed by atoms with Crippen molar-refractivity contribution in [3.63, 3.8) is 0 Å². The highest BCUT2D eigenvalue weighted by atomic mass is 19.4. The Bertz CT molecular complexity index is 466. The first-order valence-corrected chi connectivity index (χ1v) is 7.72. The number of aliphatic hydroxyl groups excluding tert-OH is 2. The van der Waals surface area contributed by atoms with Crippen LogP contribution >= 0.6 is 0 Å². The highest BCUT2D eigenvalue weighted by Gasteiger charge is 2.30. The Morgan fingerprint density at radius 3 is 2.09 bits per heavy atom. The summed E-state index contributed by atoms with van der Waals surface area (Å²) in [5.74, 6) is 0. The summed E-state index contributed by atoms with van der Waals surface area (Å²) in [6.45, 7) is 6.51. The van der Waals surface area contributed by atoms with Gasteiger partial charge in [-0.3, -0.25) is 0 Å². The van der Waals surface area contributed by atoms with E-state index in [2.05, 4.69) is 5.32 Å². The minimum Gasteiger partial charge on any atom is -0.396 e. The molecule has 132 valence electrons. The van der Waals surface area contributed by atoms with Crippen molar-refractivity contribution >= 4 is 0 Å². The molecule has 0 heterocycles. The fraction of sp³-hybridized carbons (Fsp3) is 0.647. The summed E-state index contributed by atoms with van der Waals surface area (Å²) in [5, 5.41) is 22.4. The van der Waals surface area contributed by atoms with Crippen LogP contribution in [-0.2, 0) is 12.6 Å². The van der Waals surface area contributed by atoms with Crippen LogP contribution in [0.1, 0.15) is 38.3 Å². The van der Waals surface area contributed by atoms with Gasteiger partial charge in [0, 0.05) is 19.2 Å². The third-order valence-electron chi connectivity index (χ3n) is 3.82. The normalized spacial score (nSPS) is 15.5. The molecule has 0 saturated carbocycles. The van der Waals surface area contributed by atoms with Gasteiger partial charge in [0.2, 0.25) is 0 Å². The van der Waals surface area contributed by atoms with E-state index in [4.69, 9.17) is 5.11 Å². The minimum atomic E-state index is -4.34. The molecule has 3 nitrogen and oxygen atoms in total. The lowest BCUT2D eigenvalue weighted by Gasteiger charge is -2.32. The molecule has 0 spiro atoms. The number of nitrogens with one attached hydrogen (secondary N) is 1. The Balaban J connectivity index is 2.54. The minimum absolute atomic E-state index is 0.0507. The lowest BCUT2D eigenvalue weighted by Crippen LogP contribution is -2.44. The van der Waals surface area contributed by atoms with Crippen LogP contribution in [0.5, 0.6) is 0 Å². The number of rotatable bonds is 7. The molecule has 23 heavy (non-hydrogen) atoms. The second kappa shape index (κ2) is 8.13. The summed E-state index contributed by atoms with van der Waals surface area (Å²) in [6, 6.07) is 4.88. The van der Waals surface area contributed by atoms with E-state index in [0.717, 1.165) is 12.1 Å². The van der Waals surface area contributed by atoms with Crippen LogP contribution in [0, 0.1) is 5.41 Å².